The fourth-order valence-electron chi connectivity index (χ4n) is 3.11. The van der Waals surface area contributed by atoms with Gasteiger partial charge in [0.05, 0.1) is 17.3 Å². The van der Waals surface area contributed by atoms with E-state index in [0.717, 1.165) is 17.1 Å². The summed E-state index contributed by atoms with van der Waals surface area (Å²) in [6, 6.07) is 6.92. The van der Waals surface area contributed by atoms with Gasteiger partial charge in [0.15, 0.2) is 0 Å². The summed E-state index contributed by atoms with van der Waals surface area (Å²) in [5.74, 6) is 0.648. The molecule has 0 aliphatic rings. The van der Waals surface area contributed by atoms with E-state index in [2.05, 4.69) is 15.3 Å². The molecule has 3 aromatic rings. The molecule has 1 N–H and O–H groups in total. The molecule has 0 unspecified atom stereocenters. The molecule has 2 heterocycles. The van der Waals surface area contributed by atoms with Crippen molar-refractivity contribution in [1.82, 2.24) is 18.7 Å². The maximum Gasteiger partial charge on any atom is 0.244 e. The van der Waals surface area contributed by atoms with Gasteiger partial charge in [-0.15, -0.1) is 0 Å². The monoisotopic (exact) mass is 421 g/mol. The van der Waals surface area contributed by atoms with Gasteiger partial charge in [-0.2, -0.15) is 4.31 Å². The molecule has 150 valence electrons. The molecule has 0 radical (unpaired) electrons. The van der Waals surface area contributed by atoms with E-state index in [9.17, 15) is 8.42 Å². The van der Waals surface area contributed by atoms with Crippen molar-refractivity contribution < 1.29 is 8.42 Å². The van der Waals surface area contributed by atoms with Gasteiger partial charge in [0, 0.05) is 36.4 Å². The van der Waals surface area contributed by atoms with E-state index >= 15 is 0 Å². The van der Waals surface area contributed by atoms with Crippen LogP contribution >= 0.6 is 11.6 Å². The van der Waals surface area contributed by atoms with Crippen LogP contribution in [0.5, 0.6) is 0 Å². The Bertz CT molecular complexity index is 1110. The number of nitrogens with zero attached hydrogens (tertiary/aromatic N) is 4. The van der Waals surface area contributed by atoms with E-state index in [4.69, 9.17) is 11.6 Å². The number of imidazole rings is 1. The third-order valence-electron chi connectivity index (χ3n) is 4.54. The van der Waals surface area contributed by atoms with Crippen LogP contribution in [0.2, 0.25) is 5.02 Å². The molecule has 0 saturated heterocycles. The molecule has 2 aromatic heterocycles. The number of fused-ring (bicyclic) bond motifs is 1. The molecular formula is C19H24ClN5O2S. The highest BCUT2D eigenvalue weighted by molar-refractivity contribution is 7.89. The molecule has 0 bridgehead atoms. The normalized spacial score (nSPS) is 12.1. The predicted molar refractivity (Wildman–Crippen MR) is 111 cm³/mol. The van der Waals surface area contributed by atoms with Gasteiger partial charge < -0.3 is 5.32 Å². The summed E-state index contributed by atoms with van der Waals surface area (Å²) >= 11 is 6.18. The minimum atomic E-state index is -3.64. The maximum atomic E-state index is 12.8. The minimum Gasteiger partial charge on any atom is -0.379 e. The summed E-state index contributed by atoms with van der Waals surface area (Å²) in [5, 5.41) is 3.43. The molecule has 9 heteroatoms. The number of benzene rings is 1. The van der Waals surface area contributed by atoms with Crippen molar-refractivity contribution in [3.05, 3.63) is 52.6 Å². The highest BCUT2D eigenvalue weighted by Gasteiger charge is 2.24. The quantitative estimate of drug-likeness (QED) is 0.630. The van der Waals surface area contributed by atoms with Crippen molar-refractivity contribution in [3.63, 3.8) is 0 Å². The molecule has 0 spiro atoms. The van der Waals surface area contributed by atoms with Gasteiger partial charge in [-0.05, 0) is 38.1 Å². The van der Waals surface area contributed by atoms with Crippen LogP contribution in [0.25, 0.3) is 5.78 Å². The van der Waals surface area contributed by atoms with Gasteiger partial charge >= 0.3 is 0 Å². The molecule has 28 heavy (non-hydrogen) atoms. The second kappa shape index (κ2) is 8.06. The van der Waals surface area contributed by atoms with Crippen LogP contribution in [-0.4, -0.2) is 40.2 Å². The van der Waals surface area contributed by atoms with Gasteiger partial charge in [-0.1, -0.05) is 25.4 Å². The zero-order valence-corrected chi connectivity index (χ0v) is 18.0. The number of hydrogen-bond donors (Lipinski definition) is 1. The van der Waals surface area contributed by atoms with Crippen LogP contribution in [0.1, 0.15) is 30.9 Å². The van der Waals surface area contributed by atoms with Crippen molar-refractivity contribution in [2.45, 2.75) is 39.1 Å². The average molecular weight is 422 g/mol. The Morgan fingerprint density at radius 1 is 1.14 bits per heavy atom. The second-order valence-electron chi connectivity index (χ2n) is 6.53. The van der Waals surface area contributed by atoms with E-state index < -0.39 is 10.0 Å². The topological polar surface area (TPSA) is 79.6 Å². The van der Waals surface area contributed by atoms with Gasteiger partial charge in [0.25, 0.3) is 0 Å². The Kier molecular flexibility index (Phi) is 5.92. The van der Waals surface area contributed by atoms with Crippen molar-refractivity contribution in [1.29, 1.82) is 0 Å². The van der Waals surface area contributed by atoms with Crippen LogP contribution in [0.15, 0.2) is 35.4 Å². The Morgan fingerprint density at radius 3 is 2.54 bits per heavy atom. The van der Waals surface area contributed by atoms with Gasteiger partial charge in [0.2, 0.25) is 15.8 Å². The number of hydrogen-bond acceptors (Lipinski definition) is 5. The fourth-order valence-corrected chi connectivity index (χ4v) is 5.07. The highest BCUT2D eigenvalue weighted by atomic mass is 35.5. The lowest BCUT2D eigenvalue weighted by Gasteiger charge is -2.19. The van der Waals surface area contributed by atoms with Crippen LogP contribution in [0.3, 0.4) is 0 Å². The first-order valence-corrected chi connectivity index (χ1v) is 10.9. The predicted octanol–water partition coefficient (Wildman–Crippen LogP) is 3.64. The number of anilines is 1. The molecule has 0 saturated carbocycles. The summed E-state index contributed by atoms with van der Waals surface area (Å²) in [6.45, 7) is 8.76. The lowest BCUT2D eigenvalue weighted by atomic mass is 10.3. The van der Waals surface area contributed by atoms with E-state index in [0.29, 0.717) is 31.1 Å². The van der Waals surface area contributed by atoms with Crippen molar-refractivity contribution in [2.75, 3.05) is 18.4 Å². The second-order valence-corrected chi connectivity index (χ2v) is 8.84. The third-order valence-corrected chi connectivity index (χ3v) is 7.07. The van der Waals surface area contributed by atoms with E-state index in [-0.39, 0.29) is 9.92 Å². The largest absolute Gasteiger partial charge is 0.379 e. The number of sulfonamides is 1. The Morgan fingerprint density at radius 2 is 1.86 bits per heavy atom. The SMILES string of the molecule is CCN(CC)S(=O)(=O)c1cc(NCc2cn3c(C)cc(C)nc3n2)ccc1Cl. The van der Waals surface area contributed by atoms with Gasteiger partial charge in [-0.25, -0.2) is 18.4 Å². The maximum absolute atomic E-state index is 12.8. The van der Waals surface area contributed by atoms with Gasteiger partial charge in [0.1, 0.15) is 4.90 Å². The van der Waals surface area contributed by atoms with Crippen LogP contribution in [0, 0.1) is 13.8 Å². The van der Waals surface area contributed by atoms with E-state index in [1.807, 2.05) is 30.5 Å². The number of rotatable bonds is 7. The zero-order chi connectivity index (χ0) is 20.5. The lowest BCUT2D eigenvalue weighted by molar-refractivity contribution is 0.445. The molecule has 0 aliphatic heterocycles. The molecule has 7 nitrogen and oxygen atoms in total. The number of aromatic nitrogens is 3. The standard InChI is InChI=1S/C19H24ClN5O2S/c1-5-24(6-2)28(26,27)18-10-15(7-8-17(18)20)21-11-16-12-25-14(4)9-13(3)22-19(25)23-16/h7-10,12,21H,5-6,11H2,1-4H3. The zero-order valence-electron chi connectivity index (χ0n) is 16.4. The summed E-state index contributed by atoms with van der Waals surface area (Å²) < 4.78 is 29.0. The van der Waals surface area contributed by atoms with E-state index in [1.54, 1.807) is 32.0 Å². The summed E-state index contributed by atoms with van der Waals surface area (Å²) in [7, 11) is -3.64. The van der Waals surface area contributed by atoms with Crippen LogP contribution in [0.4, 0.5) is 5.69 Å². The Balaban J connectivity index is 1.85. The molecule has 1 aromatic carbocycles. The number of nitrogens with one attached hydrogen (secondary N) is 1. The molecule has 3 rings (SSSR count). The minimum absolute atomic E-state index is 0.103. The molecule has 0 fully saturated rings. The first kappa shape index (κ1) is 20.6. The van der Waals surface area contributed by atoms with Crippen LogP contribution < -0.4 is 5.32 Å². The van der Waals surface area contributed by atoms with Crippen LogP contribution in [-0.2, 0) is 16.6 Å². The van der Waals surface area contributed by atoms with Crippen molar-refractivity contribution in [3.8, 4) is 0 Å². The third kappa shape index (κ3) is 3.99. The molecule has 0 atom stereocenters. The van der Waals surface area contributed by atoms with Crippen molar-refractivity contribution in [2.24, 2.45) is 0 Å². The summed E-state index contributed by atoms with van der Waals surface area (Å²) in [4.78, 5) is 9.06. The Labute approximate surface area is 170 Å². The summed E-state index contributed by atoms with van der Waals surface area (Å²) in [6.07, 6.45) is 1.92. The van der Waals surface area contributed by atoms with Crippen molar-refractivity contribution >= 4 is 33.1 Å². The molecule has 0 aliphatic carbocycles. The summed E-state index contributed by atoms with van der Waals surface area (Å²) in [5.41, 5.74) is 3.44. The van der Waals surface area contributed by atoms with E-state index in [1.165, 1.54) is 4.31 Å². The molecule has 0 amide bonds. The first-order chi connectivity index (χ1) is 13.3. The lowest BCUT2D eigenvalue weighted by Crippen LogP contribution is -2.30. The average Bonchev–Trinajstić information content (AvgIpc) is 3.05. The smallest absolute Gasteiger partial charge is 0.244 e. The highest BCUT2D eigenvalue weighted by Crippen LogP contribution is 2.28. The van der Waals surface area contributed by atoms with Gasteiger partial charge in [-0.3, -0.25) is 4.40 Å². The number of aryl methyl sites for hydroxylation is 2. The molecular weight excluding hydrogens is 398 g/mol. The first-order valence-electron chi connectivity index (χ1n) is 9.12. The fraction of sp³-hybridized carbons (Fsp3) is 0.368. The number of halogens is 1. The Hall–Kier alpha value is -2.16.